The topological polar surface area (TPSA) is 188 Å². The number of methoxy groups -OCH3 is 1. The van der Waals surface area contributed by atoms with Crippen LogP contribution in [-0.2, 0) is 43.2 Å². The van der Waals surface area contributed by atoms with E-state index in [9.17, 15) is 29.1 Å². The highest BCUT2D eigenvalue weighted by molar-refractivity contribution is 5.96. The SMILES string of the molecule is COc1cccc(CCNC(=O)[C@@H](CC(=O)O)NC(=O)[C@@H](Cc2ccc3ccccc3c2)NC(=O)[C@H](Cc2c[nH]c3ccccc23)NC(=O)OC(C)(C)C)c1. The minimum Gasteiger partial charge on any atom is -0.497 e. The van der Waals surface area contributed by atoms with E-state index in [0.717, 1.165) is 32.8 Å². The molecule has 13 nitrogen and oxygen atoms in total. The molecule has 0 aliphatic carbocycles. The minimum atomic E-state index is -1.45. The van der Waals surface area contributed by atoms with Crippen molar-refractivity contribution in [1.29, 1.82) is 0 Å². The van der Waals surface area contributed by atoms with Gasteiger partial charge >= 0.3 is 12.1 Å². The Kier molecular flexibility index (Phi) is 13.1. The van der Waals surface area contributed by atoms with Gasteiger partial charge in [-0.2, -0.15) is 0 Å². The van der Waals surface area contributed by atoms with Gasteiger partial charge in [0.1, 0.15) is 29.5 Å². The van der Waals surface area contributed by atoms with Gasteiger partial charge in [-0.05, 0) is 72.9 Å². The first kappa shape index (κ1) is 39.8. The number of aliphatic carboxylic acids is 1. The summed E-state index contributed by atoms with van der Waals surface area (Å²) in [6, 6.07) is 24.2. The molecule has 4 aromatic carbocycles. The molecule has 0 radical (unpaired) electrons. The van der Waals surface area contributed by atoms with E-state index in [1.165, 1.54) is 0 Å². The van der Waals surface area contributed by atoms with Crippen molar-refractivity contribution >= 4 is 51.5 Å². The van der Waals surface area contributed by atoms with Crippen LogP contribution in [0.15, 0.2) is 97.2 Å². The Bertz CT molecular complexity index is 2160. The maximum atomic E-state index is 14.2. The number of carbonyl (C=O) groups excluding carboxylic acids is 4. The molecule has 0 fully saturated rings. The second kappa shape index (κ2) is 18.1. The van der Waals surface area contributed by atoms with Gasteiger partial charge in [-0.25, -0.2) is 4.79 Å². The third-order valence-electron chi connectivity index (χ3n) is 8.85. The van der Waals surface area contributed by atoms with Crippen LogP contribution in [0.5, 0.6) is 5.75 Å². The number of rotatable bonds is 16. The summed E-state index contributed by atoms with van der Waals surface area (Å²) in [5.74, 6) is -2.81. The quantitative estimate of drug-likeness (QED) is 0.0829. The summed E-state index contributed by atoms with van der Waals surface area (Å²) in [6.07, 6.45) is 0.707. The van der Waals surface area contributed by atoms with E-state index in [4.69, 9.17) is 9.47 Å². The number of H-pyrrole nitrogens is 1. The summed E-state index contributed by atoms with van der Waals surface area (Å²) in [4.78, 5) is 69.7. The van der Waals surface area contributed by atoms with Crippen LogP contribution in [0.4, 0.5) is 4.79 Å². The first-order chi connectivity index (χ1) is 26.3. The Morgan fingerprint density at radius 1 is 0.727 bits per heavy atom. The predicted octanol–water partition coefficient (Wildman–Crippen LogP) is 4.81. The summed E-state index contributed by atoms with van der Waals surface area (Å²) < 4.78 is 10.7. The average Bonchev–Trinajstić information content (AvgIpc) is 3.55. The maximum Gasteiger partial charge on any atom is 0.408 e. The van der Waals surface area contributed by atoms with Crippen molar-refractivity contribution in [1.82, 2.24) is 26.3 Å². The van der Waals surface area contributed by atoms with E-state index in [2.05, 4.69) is 26.3 Å². The molecule has 0 saturated heterocycles. The van der Waals surface area contributed by atoms with Gasteiger partial charge in [-0.1, -0.05) is 72.8 Å². The molecule has 0 unspecified atom stereocenters. The fraction of sp³-hybridized carbons (Fsp3) is 0.310. The molecule has 13 heteroatoms. The van der Waals surface area contributed by atoms with Gasteiger partial charge in [-0.15, -0.1) is 0 Å². The van der Waals surface area contributed by atoms with Crippen molar-refractivity contribution in [3.63, 3.8) is 0 Å². The number of nitrogens with one attached hydrogen (secondary N) is 5. The Morgan fingerprint density at radius 2 is 1.42 bits per heavy atom. The van der Waals surface area contributed by atoms with Gasteiger partial charge in [0.15, 0.2) is 0 Å². The normalized spacial score (nSPS) is 12.9. The lowest BCUT2D eigenvalue weighted by atomic mass is 9.99. The van der Waals surface area contributed by atoms with Crippen LogP contribution in [0.1, 0.15) is 43.9 Å². The molecule has 0 aliphatic rings. The number of ether oxygens (including phenoxy) is 2. The monoisotopic (exact) mass is 749 g/mol. The first-order valence-corrected chi connectivity index (χ1v) is 18.0. The van der Waals surface area contributed by atoms with E-state index in [-0.39, 0.29) is 19.4 Å². The summed E-state index contributed by atoms with van der Waals surface area (Å²) in [6.45, 7) is 5.27. The van der Waals surface area contributed by atoms with Crippen molar-refractivity contribution in [3.05, 3.63) is 114 Å². The molecule has 0 aliphatic heterocycles. The lowest BCUT2D eigenvalue weighted by Crippen LogP contribution is -2.58. The largest absolute Gasteiger partial charge is 0.497 e. The van der Waals surface area contributed by atoms with E-state index in [0.29, 0.717) is 17.7 Å². The molecule has 1 aromatic heterocycles. The van der Waals surface area contributed by atoms with Crippen LogP contribution >= 0.6 is 0 Å². The highest BCUT2D eigenvalue weighted by Gasteiger charge is 2.32. The third-order valence-corrected chi connectivity index (χ3v) is 8.85. The second-order valence-electron chi connectivity index (χ2n) is 14.3. The molecule has 3 atom stereocenters. The molecule has 4 amide bonds. The smallest absolute Gasteiger partial charge is 0.408 e. The van der Waals surface area contributed by atoms with E-state index < -0.39 is 59.9 Å². The number of carbonyl (C=O) groups is 5. The van der Waals surface area contributed by atoms with Gasteiger partial charge in [0.25, 0.3) is 0 Å². The van der Waals surface area contributed by atoms with Crippen molar-refractivity contribution < 1.29 is 38.6 Å². The molecule has 0 saturated carbocycles. The van der Waals surface area contributed by atoms with Gasteiger partial charge in [0.2, 0.25) is 17.7 Å². The number of carboxylic acids is 1. The number of hydrogen-bond acceptors (Lipinski definition) is 7. The Hall–Kier alpha value is -6.37. The molecule has 0 bridgehead atoms. The molecule has 5 aromatic rings. The maximum absolute atomic E-state index is 14.2. The Morgan fingerprint density at radius 3 is 2.15 bits per heavy atom. The van der Waals surface area contributed by atoms with E-state index in [1.54, 1.807) is 40.1 Å². The summed E-state index contributed by atoms with van der Waals surface area (Å²) >= 11 is 0. The summed E-state index contributed by atoms with van der Waals surface area (Å²) in [7, 11) is 1.55. The molecular formula is C42H47N5O8. The standard InChI is InChI=1S/C42H47N5O8/c1-42(2,3)55-41(53)47-35(23-30-25-44-33-15-8-7-14-32(30)33)40(52)45-34(22-27-16-17-28-11-5-6-12-29(28)20-27)39(51)46-36(24-37(48)49)38(50)43-19-18-26-10-9-13-31(21-26)54-4/h5-17,20-21,25,34-36,44H,18-19,22-24H2,1-4H3,(H,43,50)(H,45,52)(H,46,51)(H,47,53)(H,48,49)/t34-,35+,36-/m1/s1. The first-order valence-electron chi connectivity index (χ1n) is 18.0. The van der Waals surface area contributed by atoms with Gasteiger partial charge in [-0.3, -0.25) is 19.2 Å². The number of amides is 4. The molecule has 5 rings (SSSR count). The number of aromatic amines is 1. The number of hydrogen-bond donors (Lipinski definition) is 6. The van der Waals surface area contributed by atoms with E-state index in [1.807, 2.05) is 84.9 Å². The Balaban J connectivity index is 1.39. The molecule has 55 heavy (non-hydrogen) atoms. The highest BCUT2D eigenvalue weighted by Crippen LogP contribution is 2.21. The minimum absolute atomic E-state index is 0.00803. The highest BCUT2D eigenvalue weighted by atomic mass is 16.6. The van der Waals surface area contributed by atoms with Gasteiger partial charge in [0, 0.05) is 36.5 Å². The fourth-order valence-electron chi connectivity index (χ4n) is 6.20. The van der Waals surface area contributed by atoms with Crippen molar-refractivity contribution in [2.75, 3.05) is 13.7 Å². The van der Waals surface area contributed by atoms with Crippen molar-refractivity contribution in [2.24, 2.45) is 0 Å². The zero-order valence-electron chi connectivity index (χ0n) is 31.3. The molecular weight excluding hydrogens is 702 g/mol. The predicted molar refractivity (Wildman–Crippen MR) is 209 cm³/mol. The second-order valence-corrected chi connectivity index (χ2v) is 14.3. The number of alkyl carbamates (subject to hydrolysis) is 1. The molecule has 6 N–H and O–H groups in total. The van der Waals surface area contributed by atoms with E-state index >= 15 is 0 Å². The lowest BCUT2D eigenvalue weighted by Gasteiger charge is -2.26. The van der Waals surface area contributed by atoms with Crippen LogP contribution in [-0.4, -0.2) is 77.3 Å². The number of fused-ring (bicyclic) bond motifs is 2. The number of carboxylic acid groups (broad SMARTS) is 1. The lowest BCUT2D eigenvalue weighted by molar-refractivity contribution is -0.141. The molecule has 0 spiro atoms. The summed E-state index contributed by atoms with van der Waals surface area (Å²) in [5, 5.41) is 23.2. The fourth-order valence-corrected chi connectivity index (χ4v) is 6.20. The number of para-hydroxylation sites is 1. The van der Waals surface area contributed by atoms with Crippen molar-refractivity contribution in [2.45, 2.75) is 70.2 Å². The number of benzene rings is 4. The zero-order chi connectivity index (χ0) is 39.5. The van der Waals surface area contributed by atoms with Crippen LogP contribution in [0.3, 0.4) is 0 Å². The van der Waals surface area contributed by atoms with Gasteiger partial charge < -0.3 is 40.8 Å². The van der Waals surface area contributed by atoms with Gasteiger partial charge in [0.05, 0.1) is 13.5 Å². The van der Waals surface area contributed by atoms with Crippen LogP contribution in [0, 0.1) is 0 Å². The average molecular weight is 750 g/mol. The van der Waals surface area contributed by atoms with Crippen LogP contribution < -0.4 is 26.0 Å². The molecule has 288 valence electrons. The summed E-state index contributed by atoms with van der Waals surface area (Å²) in [5.41, 5.74) is 2.32. The number of aromatic nitrogens is 1. The Labute approximate surface area is 319 Å². The third kappa shape index (κ3) is 11.6. The molecule has 1 heterocycles. The zero-order valence-corrected chi connectivity index (χ0v) is 31.3. The van der Waals surface area contributed by atoms with Crippen LogP contribution in [0.25, 0.3) is 21.7 Å². The van der Waals surface area contributed by atoms with Crippen molar-refractivity contribution in [3.8, 4) is 5.75 Å². The van der Waals surface area contributed by atoms with Crippen LogP contribution in [0.2, 0.25) is 0 Å².